The summed E-state index contributed by atoms with van der Waals surface area (Å²) < 4.78 is 13.3. The highest BCUT2D eigenvalue weighted by Gasteiger charge is 2.16. The Bertz CT molecular complexity index is 786. The second kappa shape index (κ2) is 5.60. The van der Waals surface area contributed by atoms with Crippen LogP contribution in [0.25, 0.3) is 10.9 Å². The molecule has 0 amide bonds. The van der Waals surface area contributed by atoms with Crippen molar-refractivity contribution in [3.63, 3.8) is 0 Å². The Morgan fingerprint density at radius 3 is 2.67 bits per heavy atom. The van der Waals surface area contributed by atoms with Crippen molar-refractivity contribution in [1.82, 2.24) is 10.4 Å². The molecule has 3 nitrogen and oxygen atoms in total. The lowest BCUT2D eigenvalue weighted by Gasteiger charge is -2.18. The zero-order valence-electron chi connectivity index (χ0n) is 11.7. The van der Waals surface area contributed by atoms with Gasteiger partial charge in [-0.3, -0.25) is 10.8 Å². The first-order valence-electron chi connectivity index (χ1n) is 6.77. The van der Waals surface area contributed by atoms with Gasteiger partial charge >= 0.3 is 0 Å². The van der Waals surface area contributed by atoms with Crippen LogP contribution in [0.2, 0.25) is 0 Å². The number of aryl methyl sites for hydroxylation is 1. The fraction of sp³-hybridized carbons (Fsp3) is 0.118. The van der Waals surface area contributed by atoms with Crippen molar-refractivity contribution in [1.29, 1.82) is 0 Å². The van der Waals surface area contributed by atoms with Gasteiger partial charge in [-0.05, 0) is 42.3 Å². The number of nitrogens with two attached hydrogens (primary N) is 1. The van der Waals surface area contributed by atoms with Crippen molar-refractivity contribution in [3.05, 3.63) is 77.2 Å². The Morgan fingerprint density at radius 2 is 1.90 bits per heavy atom. The van der Waals surface area contributed by atoms with Crippen LogP contribution in [0, 0.1) is 12.7 Å². The molecule has 0 saturated heterocycles. The van der Waals surface area contributed by atoms with Crippen molar-refractivity contribution in [2.24, 2.45) is 5.84 Å². The largest absolute Gasteiger partial charge is 0.271 e. The number of benzene rings is 2. The topological polar surface area (TPSA) is 50.9 Å². The summed E-state index contributed by atoms with van der Waals surface area (Å²) in [4.78, 5) is 4.65. The fourth-order valence-corrected chi connectivity index (χ4v) is 2.54. The molecule has 106 valence electrons. The molecule has 3 rings (SSSR count). The van der Waals surface area contributed by atoms with Gasteiger partial charge in [0.15, 0.2) is 0 Å². The van der Waals surface area contributed by atoms with E-state index in [1.165, 1.54) is 12.1 Å². The van der Waals surface area contributed by atoms with E-state index in [9.17, 15) is 4.39 Å². The zero-order chi connectivity index (χ0) is 14.8. The van der Waals surface area contributed by atoms with E-state index in [2.05, 4.69) is 10.4 Å². The predicted octanol–water partition coefficient (Wildman–Crippen LogP) is 3.24. The molecule has 0 bridgehead atoms. The molecule has 3 aromatic rings. The molecule has 1 heterocycles. The number of nitrogens with zero attached hydrogens (tertiary/aromatic N) is 1. The van der Waals surface area contributed by atoms with Crippen LogP contribution in [0.3, 0.4) is 0 Å². The third kappa shape index (κ3) is 2.63. The molecule has 2 aromatic carbocycles. The highest BCUT2D eigenvalue weighted by Crippen LogP contribution is 2.25. The van der Waals surface area contributed by atoms with Crippen LogP contribution >= 0.6 is 0 Å². The standard InChI is InChI=1S/C17H16FN3/c1-11-10-13(18)7-8-14(11)17(21-19)16-9-6-12-4-2-3-5-15(12)20-16/h2-10,17,21H,19H2,1H3. The first-order chi connectivity index (χ1) is 10.2. The normalized spacial score (nSPS) is 12.5. The van der Waals surface area contributed by atoms with E-state index >= 15 is 0 Å². The van der Waals surface area contributed by atoms with E-state index in [-0.39, 0.29) is 11.9 Å². The summed E-state index contributed by atoms with van der Waals surface area (Å²) in [6, 6.07) is 16.3. The summed E-state index contributed by atoms with van der Waals surface area (Å²) >= 11 is 0. The van der Waals surface area contributed by atoms with Gasteiger partial charge in [0.2, 0.25) is 0 Å². The average Bonchev–Trinajstić information content (AvgIpc) is 2.50. The minimum absolute atomic E-state index is 0.251. The van der Waals surface area contributed by atoms with Crippen molar-refractivity contribution in [3.8, 4) is 0 Å². The van der Waals surface area contributed by atoms with Crippen LogP contribution in [-0.2, 0) is 0 Å². The van der Waals surface area contributed by atoms with Gasteiger partial charge in [-0.25, -0.2) is 9.82 Å². The first kappa shape index (κ1) is 13.7. The number of hydrogen-bond acceptors (Lipinski definition) is 3. The van der Waals surface area contributed by atoms with Gasteiger partial charge in [-0.1, -0.05) is 30.3 Å². The summed E-state index contributed by atoms with van der Waals surface area (Å²) in [5.41, 5.74) is 6.26. The third-order valence-corrected chi connectivity index (χ3v) is 3.63. The fourth-order valence-electron chi connectivity index (χ4n) is 2.54. The summed E-state index contributed by atoms with van der Waals surface area (Å²) in [6.45, 7) is 1.86. The summed E-state index contributed by atoms with van der Waals surface area (Å²) in [7, 11) is 0. The van der Waals surface area contributed by atoms with Gasteiger partial charge in [0, 0.05) is 5.39 Å². The van der Waals surface area contributed by atoms with Gasteiger partial charge in [0.1, 0.15) is 5.82 Å². The van der Waals surface area contributed by atoms with Gasteiger partial charge in [-0.2, -0.15) is 0 Å². The van der Waals surface area contributed by atoms with E-state index in [1.807, 2.05) is 43.3 Å². The Morgan fingerprint density at radius 1 is 1.10 bits per heavy atom. The minimum atomic E-state index is -0.268. The Balaban J connectivity index is 2.09. The number of fused-ring (bicyclic) bond motifs is 1. The molecule has 21 heavy (non-hydrogen) atoms. The number of hydrazine groups is 1. The number of pyridine rings is 1. The molecule has 1 aromatic heterocycles. The van der Waals surface area contributed by atoms with E-state index in [0.29, 0.717) is 0 Å². The molecule has 0 fully saturated rings. The molecule has 1 unspecified atom stereocenters. The van der Waals surface area contributed by atoms with Crippen LogP contribution in [0.1, 0.15) is 22.9 Å². The molecule has 3 N–H and O–H groups in total. The Labute approximate surface area is 122 Å². The molecule has 0 spiro atoms. The first-order valence-corrected chi connectivity index (χ1v) is 6.77. The van der Waals surface area contributed by atoms with E-state index < -0.39 is 0 Å². The lowest BCUT2D eigenvalue weighted by atomic mass is 9.98. The van der Waals surface area contributed by atoms with Gasteiger partial charge < -0.3 is 0 Å². The van der Waals surface area contributed by atoms with Crippen LogP contribution in [-0.4, -0.2) is 4.98 Å². The second-order valence-electron chi connectivity index (χ2n) is 5.03. The van der Waals surface area contributed by atoms with Crippen LogP contribution in [0.5, 0.6) is 0 Å². The summed E-state index contributed by atoms with van der Waals surface area (Å²) in [5, 5.41) is 1.08. The molecule has 0 aliphatic heterocycles. The maximum absolute atomic E-state index is 13.3. The lowest BCUT2D eigenvalue weighted by Crippen LogP contribution is -2.30. The molecule has 0 aliphatic carbocycles. The maximum Gasteiger partial charge on any atom is 0.123 e. The second-order valence-corrected chi connectivity index (χ2v) is 5.03. The molecular weight excluding hydrogens is 265 g/mol. The smallest absolute Gasteiger partial charge is 0.123 e. The number of aromatic nitrogens is 1. The summed E-state index contributed by atoms with van der Waals surface area (Å²) in [6.07, 6.45) is 0. The molecule has 4 heteroatoms. The average molecular weight is 281 g/mol. The van der Waals surface area contributed by atoms with Crippen LogP contribution < -0.4 is 11.3 Å². The number of rotatable bonds is 3. The molecule has 1 atom stereocenters. The van der Waals surface area contributed by atoms with Crippen molar-refractivity contribution >= 4 is 10.9 Å². The highest BCUT2D eigenvalue weighted by molar-refractivity contribution is 5.78. The number of halogens is 1. The molecule has 0 saturated carbocycles. The molecular formula is C17H16FN3. The maximum atomic E-state index is 13.3. The Hall–Kier alpha value is -2.30. The third-order valence-electron chi connectivity index (χ3n) is 3.63. The van der Waals surface area contributed by atoms with E-state index in [0.717, 1.165) is 27.7 Å². The minimum Gasteiger partial charge on any atom is -0.271 e. The van der Waals surface area contributed by atoms with Crippen molar-refractivity contribution < 1.29 is 4.39 Å². The lowest BCUT2D eigenvalue weighted by molar-refractivity contribution is 0.605. The van der Waals surface area contributed by atoms with Gasteiger partial charge in [0.05, 0.1) is 17.3 Å². The van der Waals surface area contributed by atoms with Crippen molar-refractivity contribution in [2.45, 2.75) is 13.0 Å². The molecule has 0 aliphatic rings. The quantitative estimate of drug-likeness (QED) is 0.572. The SMILES string of the molecule is Cc1cc(F)ccc1C(NN)c1ccc2ccccc2n1. The number of nitrogens with one attached hydrogen (secondary N) is 1. The molecule has 0 radical (unpaired) electrons. The highest BCUT2D eigenvalue weighted by atomic mass is 19.1. The van der Waals surface area contributed by atoms with Gasteiger partial charge in [-0.15, -0.1) is 0 Å². The Kier molecular flexibility index (Phi) is 3.64. The number of para-hydroxylation sites is 1. The van der Waals surface area contributed by atoms with Crippen molar-refractivity contribution in [2.75, 3.05) is 0 Å². The monoisotopic (exact) mass is 281 g/mol. The van der Waals surface area contributed by atoms with Crippen LogP contribution in [0.4, 0.5) is 4.39 Å². The van der Waals surface area contributed by atoms with E-state index in [4.69, 9.17) is 5.84 Å². The van der Waals surface area contributed by atoms with Gasteiger partial charge in [0.25, 0.3) is 0 Å². The predicted molar refractivity (Wildman–Crippen MR) is 82.0 cm³/mol. The van der Waals surface area contributed by atoms with E-state index in [1.54, 1.807) is 6.07 Å². The summed E-state index contributed by atoms with van der Waals surface area (Å²) in [5.74, 6) is 5.45. The number of hydrogen-bond donors (Lipinski definition) is 2. The van der Waals surface area contributed by atoms with Crippen LogP contribution in [0.15, 0.2) is 54.6 Å². The zero-order valence-corrected chi connectivity index (χ0v) is 11.7.